The summed E-state index contributed by atoms with van der Waals surface area (Å²) in [6.07, 6.45) is -0.348. The molecule has 2 aromatic carbocycles. The van der Waals surface area contributed by atoms with Crippen LogP contribution in [0.1, 0.15) is 28.7 Å². The number of esters is 1. The minimum Gasteiger partial charge on any atom is -0.502 e. The number of carbonyl (C=O) groups excluding carboxylic acids is 1. The lowest BCUT2D eigenvalue weighted by Gasteiger charge is -2.39. The molecular weight excluding hydrogens is 482 g/mol. The van der Waals surface area contributed by atoms with Gasteiger partial charge in [0.25, 0.3) is 0 Å². The van der Waals surface area contributed by atoms with Crippen LogP contribution in [0.2, 0.25) is 0 Å². The number of ether oxygens (including phenoxy) is 7. The molecule has 2 saturated heterocycles. The highest BCUT2D eigenvalue weighted by Crippen LogP contribution is 2.56. The average molecular weight is 514 g/mol. The number of benzene rings is 2. The van der Waals surface area contributed by atoms with E-state index in [0.29, 0.717) is 18.1 Å². The van der Waals surface area contributed by atoms with E-state index in [1.807, 2.05) is 12.1 Å². The van der Waals surface area contributed by atoms with Crippen molar-refractivity contribution >= 4 is 5.97 Å². The summed E-state index contributed by atoms with van der Waals surface area (Å²) in [5, 5.41) is 10.5. The van der Waals surface area contributed by atoms with Crippen molar-refractivity contribution in [2.24, 2.45) is 11.8 Å². The molecule has 4 atom stereocenters. The molecule has 37 heavy (non-hydrogen) atoms. The highest BCUT2D eigenvalue weighted by atomic mass is 16.7. The number of hydrogen-bond donors (Lipinski definition) is 1. The Balaban J connectivity index is 1.42. The molecule has 0 aromatic heterocycles. The second-order valence-corrected chi connectivity index (χ2v) is 9.65. The summed E-state index contributed by atoms with van der Waals surface area (Å²) in [6.45, 7) is 4.91. The number of phenols is 1. The van der Waals surface area contributed by atoms with Gasteiger partial charge in [0.1, 0.15) is 0 Å². The predicted octanol–water partition coefficient (Wildman–Crippen LogP) is 2.46. The van der Waals surface area contributed by atoms with Crippen LogP contribution < -0.4 is 18.9 Å². The number of carbonyl (C=O) groups is 1. The van der Waals surface area contributed by atoms with Gasteiger partial charge in [-0.25, -0.2) is 0 Å². The molecule has 0 bridgehead atoms. The number of methoxy groups -OCH3 is 2. The van der Waals surface area contributed by atoms with Crippen molar-refractivity contribution in [3.05, 3.63) is 41.0 Å². The fourth-order valence-corrected chi connectivity index (χ4v) is 5.95. The molecule has 0 saturated carbocycles. The van der Waals surface area contributed by atoms with Crippen molar-refractivity contribution in [1.82, 2.24) is 4.90 Å². The molecule has 2 fully saturated rings. The SMILES string of the molecule is COc1cc([C@@H]2c3cc4c(cc3[C@@H](OCCN3CCOCC3)[C@H]3COC(=O)[C@H]23)OCO4)cc(OC)c1O. The quantitative estimate of drug-likeness (QED) is 0.555. The molecule has 10 nitrogen and oxygen atoms in total. The summed E-state index contributed by atoms with van der Waals surface area (Å²) < 4.78 is 39.9. The van der Waals surface area contributed by atoms with Gasteiger partial charge < -0.3 is 38.3 Å². The number of cyclic esters (lactones) is 1. The third-order valence-corrected chi connectivity index (χ3v) is 7.79. The molecule has 0 unspecified atom stereocenters. The number of hydrogen-bond acceptors (Lipinski definition) is 10. The Morgan fingerprint density at radius 1 is 0.973 bits per heavy atom. The van der Waals surface area contributed by atoms with E-state index in [1.54, 1.807) is 12.1 Å². The van der Waals surface area contributed by atoms with Crippen LogP contribution in [0.3, 0.4) is 0 Å². The van der Waals surface area contributed by atoms with Gasteiger partial charge in [-0.1, -0.05) is 0 Å². The first-order valence-corrected chi connectivity index (χ1v) is 12.6. The molecule has 1 aliphatic carbocycles. The van der Waals surface area contributed by atoms with Crippen LogP contribution >= 0.6 is 0 Å². The Morgan fingerprint density at radius 3 is 2.32 bits per heavy atom. The Kier molecular flexibility index (Phi) is 6.48. The Bertz CT molecular complexity index is 1150. The lowest BCUT2D eigenvalue weighted by molar-refractivity contribution is -0.141. The smallest absolute Gasteiger partial charge is 0.310 e. The molecule has 0 amide bonds. The van der Waals surface area contributed by atoms with Crippen molar-refractivity contribution in [2.45, 2.75) is 12.0 Å². The molecule has 3 aliphatic heterocycles. The Hall–Kier alpha value is -3.21. The molecule has 10 heteroatoms. The molecule has 4 aliphatic rings. The zero-order chi connectivity index (χ0) is 25.5. The van der Waals surface area contributed by atoms with Crippen LogP contribution in [0.15, 0.2) is 24.3 Å². The maximum absolute atomic E-state index is 13.2. The second kappa shape index (κ2) is 9.92. The van der Waals surface area contributed by atoms with Crippen molar-refractivity contribution in [3.8, 4) is 28.7 Å². The minimum atomic E-state index is -0.486. The van der Waals surface area contributed by atoms with Crippen molar-refractivity contribution in [1.29, 1.82) is 0 Å². The van der Waals surface area contributed by atoms with Crippen LogP contribution in [0.4, 0.5) is 0 Å². The summed E-state index contributed by atoms with van der Waals surface area (Å²) >= 11 is 0. The largest absolute Gasteiger partial charge is 0.502 e. The van der Waals surface area contributed by atoms with Crippen LogP contribution in [0.5, 0.6) is 28.7 Å². The van der Waals surface area contributed by atoms with Crippen LogP contribution in [-0.4, -0.2) is 83.1 Å². The zero-order valence-corrected chi connectivity index (χ0v) is 20.9. The molecule has 198 valence electrons. The molecule has 0 radical (unpaired) electrons. The topological polar surface area (TPSA) is 105 Å². The Labute approximate surface area is 214 Å². The number of aromatic hydroxyl groups is 1. The molecule has 2 aromatic rings. The molecule has 3 heterocycles. The number of morpholine rings is 1. The third-order valence-electron chi connectivity index (χ3n) is 7.79. The monoisotopic (exact) mass is 513 g/mol. The maximum atomic E-state index is 13.2. The number of phenolic OH excluding ortho intramolecular Hbond substituents is 1. The standard InChI is InChI=1S/C27H31NO9/c1-31-21-9-15(10-22(32-2)25(21)29)23-16-11-19-20(37-14-36-19)12-17(16)26(18-13-35-27(30)24(18)23)34-8-5-28-3-6-33-7-4-28/h9-12,18,23-24,26,29H,3-8,13-14H2,1-2H3/t18-,23+,24-,26+/m0/s1. The van der Waals surface area contributed by atoms with E-state index in [2.05, 4.69) is 4.90 Å². The molecule has 0 spiro atoms. The first-order valence-electron chi connectivity index (χ1n) is 12.6. The number of rotatable bonds is 7. The summed E-state index contributed by atoms with van der Waals surface area (Å²) in [7, 11) is 2.96. The lowest BCUT2D eigenvalue weighted by Crippen LogP contribution is -2.40. The molecular formula is C27H31NO9. The fraction of sp³-hybridized carbons (Fsp3) is 0.519. The third kappa shape index (κ3) is 4.22. The van der Waals surface area contributed by atoms with Crippen LogP contribution in [-0.2, 0) is 19.0 Å². The van der Waals surface area contributed by atoms with E-state index in [9.17, 15) is 9.90 Å². The van der Waals surface area contributed by atoms with Crippen LogP contribution in [0.25, 0.3) is 0 Å². The second-order valence-electron chi connectivity index (χ2n) is 9.65. The van der Waals surface area contributed by atoms with Gasteiger partial charge in [-0.2, -0.15) is 0 Å². The van der Waals surface area contributed by atoms with E-state index in [0.717, 1.165) is 49.5 Å². The van der Waals surface area contributed by atoms with E-state index >= 15 is 0 Å². The Morgan fingerprint density at radius 2 is 1.65 bits per heavy atom. The van der Waals surface area contributed by atoms with Gasteiger partial charge in [-0.05, 0) is 41.0 Å². The van der Waals surface area contributed by atoms with E-state index in [1.165, 1.54) is 14.2 Å². The summed E-state index contributed by atoms with van der Waals surface area (Å²) in [5.41, 5.74) is 2.62. The van der Waals surface area contributed by atoms with E-state index < -0.39 is 5.92 Å². The first kappa shape index (κ1) is 24.1. The molecule has 1 N–H and O–H groups in total. The predicted molar refractivity (Wildman–Crippen MR) is 130 cm³/mol. The van der Waals surface area contributed by atoms with Crippen molar-refractivity contribution in [3.63, 3.8) is 0 Å². The number of nitrogens with zero attached hydrogens (tertiary/aromatic N) is 1. The molecule has 6 rings (SSSR count). The van der Waals surface area contributed by atoms with Gasteiger partial charge in [0.2, 0.25) is 12.5 Å². The first-order chi connectivity index (χ1) is 18.1. The van der Waals surface area contributed by atoms with Gasteiger partial charge >= 0.3 is 5.97 Å². The van der Waals surface area contributed by atoms with Crippen molar-refractivity contribution in [2.75, 3.05) is 67.1 Å². The van der Waals surface area contributed by atoms with Gasteiger partial charge in [0.05, 0.1) is 52.7 Å². The summed E-state index contributed by atoms with van der Waals surface area (Å²) in [6, 6.07) is 7.41. The normalized spacial score (nSPS) is 26.4. The fourth-order valence-electron chi connectivity index (χ4n) is 5.95. The summed E-state index contributed by atoms with van der Waals surface area (Å²) in [5.74, 6) is 0.388. The zero-order valence-electron chi connectivity index (χ0n) is 20.9. The van der Waals surface area contributed by atoms with Gasteiger partial charge in [-0.15, -0.1) is 0 Å². The van der Waals surface area contributed by atoms with Gasteiger partial charge in [-0.3, -0.25) is 9.69 Å². The lowest BCUT2D eigenvalue weighted by atomic mass is 9.66. The van der Waals surface area contributed by atoms with E-state index in [4.69, 9.17) is 33.2 Å². The average Bonchev–Trinajstić information content (AvgIpc) is 3.54. The minimum absolute atomic E-state index is 0.0923. The van der Waals surface area contributed by atoms with Gasteiger partial charge in [0.15, 0.2) is 23.0 Å². The van der Waals surface area contributed by atoms with Crippen molar-refractivity contribution < 1.29 is 43.1 Å². The van der Waals surface area contributed by atoms with Crippen LogP contribution in [0, 0.1) is 11.8 Å². The highest BCUT2D eigenvalue weighted by Gasteiger charge is 2.53. The van der Waals surface area contributed by atoms with E-state index in [-0.39, 0.29) is 54.6 Å². The van der Waals surface area contributed by atoms with Gasteiger partial charge in [0, 0.05) is 31.5 Å². The number of fused-ring (bicyclic) bond motifs is 3. The summed E-state index contributed by atoms with van der Waals surface area (Å²) in [4.78, 5) is 15.5. The highest BCUT2D eigenvalue weighted by molar-refractivity contribution is 5.79. The maximum Gasteiger partial charge on any atom is 0.310 e.